The van der Waals surface area contributed by atoms with E-state index < -0.39 is 0 Å². The first kappa shape index (κ1) is 15.5. The summed E-state index contributed by atoms with van der Waals surface area (Å²) in [6, 6.07) is 8.34. The number of methoxy groups -OCH3 is 1. The van der Waals surface area contributed by atoms with Gasteiger partial charge in [-0.15, -0.1) is 0 Å². The minimum atomic E-state index is 0.647. The van der Waals surface area contributed by atoms with Gasteiger partial charge in [-0.25, -0.2) is 4.98 Å². The van der Waals surface area contributed by atoms with Gasteiger partial charge in [0.2, 0.25) is 5.95 Å². The molecule has 0 saturated carbocycles. The van der Waals surface area contributed by atoms with Gasteiger partial charge in [0.1, 0.15) is 0 Å². The molecule has 0 amide bonds. The molecule has 2 aromatic rings. The van der Waals surface area contributed by atoms with Gasteiger partial charge in [-0.1, -0.05) is 24.3 Å². The minimum absolute atomic E-state index is 0.647. The molecule has 0 aliphatic rings. The number of ether oxygens (including phenoxy) is 1. The monoisotopic (exact) mass is 288 g/mol. The molecule has 0 unspecified atom stereocenters. The Hall–Kier alpha value is -1.85. The molecule has 0 spiro atoms. The van der Waals surface area contributed by atoms with Crippen LogP contribution in [0.1, 0.15) is 16.8 Å². The third-order valence-corrected chi connectivity index (χ3v) is 3.50. The summed E-state index contributed by atoms with van der Waals surface area (Å²) in [7, 11) is 7.77. The van der Waals surface area contributed by atoms with Gasteiger partial charge >= 0.3 is 0 Å². The van der Waals surface area contributed by atoms with Crippen molar-refractivity contribution in [1.82, 2.24) is 14.9 Å². The number of nitrogens with zero attached hydrogens (tertiary/aromatic N) is 3. The fourth-order valence-corrected chi connectivity index (χ4v) is 2.37. The highest BCUT2D eigenvalue weighted by atomic mass is 16.5. The van der Waals surface area contributed by atoms with Crippen LogP contribution in [0.25, 0.3) is 0 Å². The highest BCUT2D eigenvalue weighted by Gasteiger charge is 2.08. The lowest BCUT2D eigenvalue weighted by molar-refractivity contribution is 0.184. The van der Waals surface area contributed by atoms with Crippen molar-refractivity contribution in [3.63, 3.8) is 0 Å². The van der Waals surface area contributed by atoms with Crippen molar-refractivity contribution in [2.45, 2.75) is 19.7 Å². The first-order valence-corrected chi connectivity index (χ1v) is 7.07. The van der Waals surface area contributed by atoms with Crippen molar-refractivity contribution < 1.29 is 4.74 Å². The van der Waals surface area contributed by atoms with Gasteiger partial charge < -0.3 is 19.5 Å². The SMILES string of the molecule is COCc1ccccc1CNCc1cnc(N(C)C)n1C. The molecule has 0 fully saturated rings. The second kappa shape index (κ2) is 7.24. The predicted octanol–water partition coefficient (Wildman–Crippen LogP) is 1.92. The zero-order chi connectivity index (χ0) is 15.2. The fourth-order valence-electron chi connectivity index (χ4n) is 2.37. The number of hydrogen-bond acceptors (Lipinski definition) is 4. The molecule has 21 heavy (non-hydrogen) atoms. The van der Waals surface area contributed by atoms with E-state index in [2.05, 4.69) is 33.1 Å². The number of nitrogens with one attached hydrogen (secondary N) is 1. The lowest BCUT2D eigenvalue weighted by Gasteiger charge is -2.13. The molecule has 0 aliphatic carbocycles. The quantitative estimate of drug-likeness (QED) is 0.845. The van der Waals surface area contributed by atoms with Gasteiger partial charge in [-0.3, -0.25) is 0 Å². The smallest absolute Gasteiger partial charge is 0.204 e. The topological polar surface area (TPSA) is 42.3 Å². The van der Waals surface area contributed by atoms with Gasteiger partial charge in [0, 0.05) is 41.3 Å². The van der Waals surface area contributed by atoms with Crippen LogP contribution >= 0.6 is 0 Å². The zero-order valence-electron chi connectivity index (χ0n) is 13.3. The average Bonchev–Trinajstić information content (AvgIpc) is 2.83. The van der Waals surface area contributed by atoms with Crippen LogP contribution in [0.5, 0.6) is 0 Å². The lowest BCUT2D eigenvalue weighted by Crippen LogP contribution is -2.18. The second-order valence-corrected chi connectivity index (χ2v) is 5.31. The summed E-state index contributed by atoms with van der Waals surface area (Å²) >= 11 is 0. The number of aromatic nitrogens is 2. The Kier molecular flexibility index (Phi) is 5.36. The Morgan fingerprint density at radius 1 is 1.19 bits per heavy atom. The summed E-state index contributed by atoms with van der Waals surface area (Å²) in [4.78, 5) is 6.43. The summed E-state index contributed by atoms with van der Waals surface area (Å²) in [5.41, 5.74) is 3.67. The predicted molar refractivity (Wildman–Crippen MR) is 85.2 cm³/mol. The minimum Gasteiger partial charge on any atom is -0.380 e. The highest BCUT2D eigenvalue weighted by molar-refractivity contribution is 5.31. The number of anilines is 1. The molecule has 0 saturated heterocycles. The average molecular weight is 288 g/mol. The number of hydrogen-bond donors (Lipinski definition) is 1. The van der Waals surface area contributed by atoms with Crippen LogP contribution in [-0.4, -0.2) is 30.8 Å². The van der Waals surface area contributed by atoms with Crippen molar-refractivity contribution in [2.75, 3.05) is 26.1 Å². The highest BCUT2D eigenvalue weighted by Crippen LogP contribution is 2.12. The van der Waals surface area contributed by atoms with E-state index in [1.807, 2.05) is 38.3 Å². The molecule has 1 aromatic heterocycles. The van der Waals surface area contributed by atoms with E-state index in [0.29, 0.717) is 6.61 Å². The number of benzene rings is 1. The Labute approximate surface area is 126 Å². The van der Waals surface area contributed by atoms with Crippen LogP contribution in [0.3, 0.4) is 0 Å². The van der Waals surface area contributed by atoms with Crippen LogP contribution < -0.4 is 10.2 Å². The molecule has 0 bridgehead atoms. The standard InChI is InChI=1S/C16H24N4O/c1-19(2)16-18-11-15(20(16)3)10-17-9-13-7-5-6-8-14(13)12-21-4/h5-8,11,17H,9-10,12H2,1-4H3. The van der Waals surface area contributed by atoms with Gasteiger partial charge in [-0.05, 0) is 11.1 Å². The third kappa shape index (κ3) is 3.83. The van der Waals surface area contributed by atoms with Gasteiger partial charge in [-0.2, -0.15) is 0 Å². The molecular weight excluding hydrogens is 264 g/mol. The van der Waals surface area contributed by atoms with Gasteiger partial charge in [0.05, 0.1) is 18.5 Å². The fraction of sp³-hybridized carbons (Fsp3) is 0.438. The van der Waals surface area contributed by atoms with E-state index in [1.54, 1.807) is 7.11 Å². The van der Waals surface area contributed by atoms with Crippen molar-refractivity contribution in [2.24, 2.45) is 7.05 Å². The maximum atomic E-state index is 5.23. The summed E-state index contributed by atoms with van der Waals surface area (Å²) in [6.45, 7) is 2.26. The van der Waals surface area contributed by atoms with Crippen LogP contribution in [0, 0.1) is 0 Å². The van der Waals surface area contributed by atoms with Gasteiger partial charge in [0.15, 0.2) is 0 Å². The van der Waals surface area contributed by atoms with E-state index in [-0.39, 0.29) is 0 Å². The Balaban J connectivity index is 1.96. The summed E-state index contributed by atoms with van der Waals surface area (Å²) < 4.78 is 7.34. The molecule has 0 atom stereocenters. The first-order chi connectivity index (χ1) is 10.1. The zero-order valence-corrected chi connectivity index (χ0v) is 13.3. The number of rotatable bonds is 7. The summed E-state index contributed by atoms with van der Waals surface area (Å²) in [5, 5.41) is 3.47. The van der Waals surface area contributed by atoms with E-state index in [1.165, 1.54) is 16.8 Å². The maximum absolute atomic E-state index is 5.23. The molecule has 5 nitrogen and oxygen atoms in total. The second-order valence-electron chi connectivity index (χ2n) is 5.31. The largest absolute Gasteiger partial charge is 0.380 e. The molecule has 5 heteroatoms. The summed E-state index contributed by atoms with van der Waals surface area (Å²) in [5.74, 6) is 0.964. The molecule has 0 radical (unpaired) electrons. The summed E-state index contributed by atoms with van der Waals surface area (Å²) in [6.07, 6.45) is 1.92. The molecule has 114 valence electrons. The lowest BCUT2D eigenvalue weighted by atomic mass is 10.1. The van der Waals surface area contributed by atoms with Crippen LogP contribution in [0.2, 0.25) is 0 Å². The maximum Gasteiger partial charge on any atom is 0.204 e. The van der Waals surface area contributed by atoms with Gasteiger partial charge in [0.25, 0.3) is 0 Å². The Morgan fingerprint density at radius 3 is 2.52 bits per heavy atom. The molecular formula is C16H24N4O. The third-order valence-electron chi connectivity index (χ3n) is 3.50. The van der Waals surface area contributed by atoms with Crippen molar-refractivity contribution in [1.29, 1.82) is 0 Å². The number of imidazole rings is 1. The molecule has 1 aromatic carbocycles. The molecule has 0 aliphatic heterocycles. The normalized spacial score (nSPS) is 10.9. The van der Waals surface area contributed by atoms with E-state index >= 15 is 0 Å². The van der Waals surface area contributed by atoms with Crippen molar-refractivity contribution in [3.05, 3.63) is 47.3 Å². The van der Waals surface area contributed by atoms with Crippen molar-refractivity contribution in [3.8, 4) is 0 Å². The Morgan fingerprint density at radius 2 is 1.90 bits per heavy atom. The molecule has 1 heterocycles. The Bertz CT molecular complexity index is 577. The van der Waals surface area contributed by atoms with Crippen LogP contribution in [0.4, 0.5) is 5.95 Å². The van der Waals surface area contributed by atoms with Crippen LogP contribution in [-0.2, 0) is 31.5 Å². The molecule has 1 N–H and O–H groups in total. The van der Waals surface area contributed by atoms with Crippen LogP contribution in [0.15, 0.2) is 30.5 Å². The van der Waals surface area contributed by atoms with Crippen molar-refractivity contribution >= 4 is 5.95 Å². The molecule has 2 rings (SSSR count). The van der Waals surface area contributed by atoms with E-state index in [9.17, 15) is 0 Å². The van der Waals surface area contributed by atoms with E-state index in [0.717, 1.165) is 19.0 Å². The first-order valence-electron chi connectivity index (χ1n) is 7.07. The van der Waals surface area contributed by atoms with E-state index in [4.69, 9.17) is 4.74 Å².